The average Bonchev–Trinajstić information content (AvgIpc) is 3.04. The van der Waals surface area contributed by atoms with Crippen LogP contribution in [-0.4, -0.2) is 45.3 Å². The number of hydrogen-bond acceptors (Lipinski definition) is 5. The molecule has 0 saturated carbocycles. The number of nitrogens with zero attached hydrogens (tertiary/aromatic N) is 3. The van der Waals surface area contributed by atoms with Gasteiger partial charge < -0.3 is 10.0 Å². The van der Waals surface area contributed by atoms with Crippen LogP contribution in [0.1, 0.15) is 23.4 Å². The van der Waals surface area contributed by atoms with Crippen molar-refractivity contribution in [2.24, 2.45) is 5.92 Å². The lowest BCUT2D eigenvalue weighted by molar-refractivity contribution is -0.143. The number of anilines is 1. The fourth-order valence-electron chi connectivity index (χ4n) is 2.71. The first-order valence-corrected chi connectivity index (χ1v) is 8.69. The number of urea groups is 1. The van der Waals surface area contributed by atoms with Gasteiger partial charge in [0.15, 0.2) is 0 Å². The van der Waals surface area contributed by atoms with Gasteiger partial charge in [0.1, 0.15) is 10.8 Å². The highest BCUT2D eigenvalue weighted by atomic mass is 32.1. The lowest BCUT2D eigenvalue weighted by Crippen LogP contribution is -2.44. The van der Waals surface area contributed by atoms with E-state index in [0.717, 1.165) is 0 Å². The minimum atomic E-state index is -0.888. The molecule has 0 aliphatic carbocycles. The first-order chi connectivity index (χ1) is 12.0. The van der Waals surface area contributed by atoms with Crippen molar-refractivity contribution in [3.63, 3.8) is 0 Å². The molecule has 9 heteroatoms. The zero-order chi connectivity index (χ0) is 17.8. The van der Waals surface area contributed by atoms with Crippen LogP contribution in [0.15, 0.2) is 24.3 Å². The average molecular weight is 364 g/mol. The Bertz CT molecular complexity index is 782. The van der Waals surface area contributed by atoms with Crippen LogP contribution in [-0.2, 0) is 11.2 Å². The second-order valence-corrected chi connectivity index (χ2v) is 6.88. The van der Waals surface area contributed by atoms with Crippen molar-refractivity contribution >= 4 is 28.5 Å². The van der Waals surface area contributed by atoms with E-state index in [9.17, 15) is 14.0 Å². The Morgan fingerprint density at radius 1 is 1.36 bits per heavy atom. The van der Waals surface area contributed by atoms with Crippen LogP contribution < -0.4 is 5.32 Å². The van der Waals surface area contributed by atoms with Crippen LogP contribution in [0.5, 0.6) is 0 Å². The summed E-state index contributed by atoms with van der Waals surface area (Å²) in [6, 6.07) is 6.04. The third-order valence-corrected chi connectivity index (χ3v) is 4.88. The van der Waals surface area contributed by atoms with Crippen LogP contribution >= 0.6 is 11.3 Å². The number of carbonyl (C=O) groups excluding carboxylic acids is 1. The Kier molecular flexibility index (Phi) is 5.22. The van der Waals surface area contributed by atoms with Crippen molar-refractivity contribution in [2.45, 2.75) is 19.3 Å². The lowest BCUT2D eigenvalue weighted by Gasteiger charge is -2.30. The number of rotatable bonds is 4. The SMILES string of the molecule is O=C(O)C1CCCN(C(=O)Nc2nnc(Cc3ccccc3F)s2)C1. The summed E-state index contributed by atoms with van der Waals surface area (Å²) in [4.78, 5) is 24.8. The molecule has 7 nitrogen and oxygen atoms in total. The number of nitrogens with one attached hydrogen (secondary N) is 1. The molecule has 1 saturated heterocycles. The summed E-state index contributed by atoms with van der Waals surface area (Å²) in [5.74, 6) is -1.73. The van der Waals surface area contributed by atoms with Crippen LogP contribution in [0, 0.1) is 11.7 Å². The van der Waals surface area contributed by atoms with Gasteiger partial charge in [-0.15, -0.1) is 10.2 Å². The fraction of sp³-hybridized carbons (Fsp3) is 0.375. The van der Waals surface area contributed by atoms with Gasteiger partial charge in [-0.25, -0.2) is 9.18 Å². The third kappa shape index (κ3) is 4.30. The molecule has 1 aliphatic rings. The molecule has 25 heavy (non-hydrogen) atoms. The first kappa shape index (κ1) is 17.3. The molecule has 2 heterocycles. The van der Waals surface area contributed by atoms with E-state index in [1.54, 1.807) is 18.2 Å². The van der Waals surface area contributed by atoms with Gasteiger partial charge in [0.2, 0.25) is 5.13 Å². The van der Waals surface area contributed by atoms with E-state index in [1.165, 1.54) is 22.3 Å². The van der Waals surface area contributed by atoms with Crippen LogP contribution in [0.4, 0.5) is 14.3 Å². The summed E-state index contributed by atoms with van der Waals surface area (Å²) >= 11 is 1.17. The fourth-order valence-corrected chi connectivity index (χ4v) is 3.47. The van der Waals surface area contributed by atoms with E-state index >= 15 is 0 Å². The number of hydrogen-bond donors (Lipinski definition) is 2. The summed E-state index contributed by atoms with van der Waals surface area (Å²) in [6.45, 7) is 0.693. The Balaban J connectivity index is 1.60. The molecule has 1 atom stereocenters. The highest BCUT2D eigenvalue weighted by molar-refractivity contribution is 7.15. The molecule has 1 aliphatic heterocycles. The number of amides is 2. The van der Waals surface area contributed by atoms with E-state index in [-0.39, 0.29) is 18.4 Å². The zero-order valence-corrected chi connectivity index (χ0v) is 14.1. The molecule has 132 valence electrons. The molecule has 3 rings (SSSR count). The lowest BCUT2D eigenvalue weighted by atomic mass is 9.99. The summed E-state index contributed by atoms with van der Waals surface area (Å²) in [7, 11) is 0. The van der Waals surface area contributed by atoms with Crippen molar-refractivity contribution < 1.29 is 19.1 Å². The highest BCUT2D eigenvalue weighted by Crippen LogP contribution is 2.22. The van der Waals surface area contributed by atoms with Crippen molar-refractivity contribution in [2.75, 3.05) is 18.4 Å². The molecule has 1 aromatic heterocycles. The van der Waals surface area contributed by atoms with Gasteiger partial charge >= 0.3 is 12.0 Å². The highest BCUT2D eigenvalue weighted by Gasteiger charge is 2.28. The second-order valence-electron chi connectivity index (χ2n) is 5.82. The number of aromatic nitrogens is 2. The Morgan fingerprint density at radius 2 is 2.16 bits per heavy atom. The molecule has 2 amide bonds. The predicted molar refractivity (Wildman–Crippen MR) is 90.1 cm³/mol. The van der Waals surface area contributed by atoms with Gasteiger partial charge in [0.25, 0.3) is 0 Å². The topological polar surface area (TPSA) is 95.4 Å². The number of benzene rings is 1. The van der Waals surface area contributed by atoms with E-state index < -0.39 is 11.9 Å². The Morgan fingerprint density at radius 3 is 2.92 bits per heavy atom. The molecular weight excluding hydrogens is 347 g/mol. The quantitative estimate of drug-likeness (QED) is 0.869. The van der Waals surface area contributed by atoms with Crippen molar-refractivity contribution in [3.05, 3.63) is 40.7 Å². The van der Waals surface area contributed by atoms with Crippen LogP contribution in [0.25, 0.3) is 0 Å². The number of halogens is 1. The van der Waals surface area contributed by atoms with E-state index in [4.69, 9.17) is 5.11 Å². The van der Waals surface area contributed by atoms with Gasteiger partial charge in [0, 0.05) is 19.5 Å². The molecule has 1 aromatic carbocycles. The molecule has 2 N–H and O–H groups in total. The predicted octanol–water partition coefficient (Wildman–Crippen LogP) is 2.60. The summed E-state index contributed by atoms with van der Waals surface area (Å²) in [5.41, 5.74) is 0.511. The van der Waals surface area contributed by atoms with E-state index in [0.29, 0.717) is 41.5 Å². The zero-order valence-electron chi connectivity index (χ0n) is 13.3. The van der Waals surface area contributed by atoms with Gasteiger partial charge in [-0.1, -0.05) is 29.5 Å². The molecule has 0 bridgehead atoms. The van der Waals surface area contributed by atoms with Crippen LogP contribution in [0.2, 0.25) is 0 Å². The van der Waals surface area contributed by atoms with Crippen molar-refractivity contribution in [1.82, 2.24) is 15.1 Å². The third-order valence-electron chi connectivity index (χ3n) is 4.04. The molecule has 2 aromatic rings. The molecule has 1 unspecified atom stereocenters. The minimum Gasteiger partial charge on any atom is -0.481 e. The molecular formula is C16H17FN4O3S. The summed E-state index contributed by atoms with van der Waals surface area (Å²) < 4.78 is 13.7. The molecule has 1 fully saturated rings. The number of carbonyl (C=O) groups is 2. The number of piperidine rings is 1. The smallest absolute Gasteiger partial charge is 0.323 e. The standard InChI is InChI=1S/C16H17FN4O3S/c17-12-6-2-1-4-10(12)8-13-19-20-15(25-13)18-16(24)21-7-3-5-11(9-21)14(22)23/h1-2,4,6,11H,3,5,7-9H2,(H,22,23)(H,18,20,24). The maximum Gasteiger partial charge on any atom is 0.323 e. The van der Waals surface area contributed by atoms with Crippen molar-refractivity contribution in [1.29, 1.82) is 0 Å². The Hall–Kier alpha value is -2.55. The van der Waals surface area contributed by atoms with Gasteiger partial charge in [-0.3, -0.25) is 10.1 Å². The minimum absolute atomic E-state index is 0.183. The number of carboxylic acids is 1. The molecule has 0 spiro atoms. The molecule has 0 radical (unpaired) electrons. The van der Waals surface area contributed by atoms with E-state index in [1.807, 2.05) is 0 Å². The normalized spacial score (nSPS) is 17.3. The first-order valence-electron chi connectivity index (χ1n) is 7.87. The van der Waals surface area contributed by atoms with Gasteiger partial charge in [-0.05, 0) is 24.5 Å². The largest absolute Gasteiger partial charge is 0.481 e. The number of carboxylic acid groups (broad SMARTS) is 1. The van der Waals surface area contributed by atoms with Gasteiger partial charge in [0.05, 0.1) is 5.92 Å². The second kappa shape index (κ2) is 7.56. The van der Waals surface area contributed by atoms with Crippen molar-refractivity contribution in [3.8, 4) is 0 Å². The van der Waals surface area contributed by atoms with E-state index in [2.05, 4.69) is 15.5 Å². The monoisotopic (exact) mass is 364 g/mol. The summed E-state index contributed by atoms with van der Waals surface area (Å²) in [6.07, 6.45) is 1.52. The maximum atomic E-state index is 13.7. The summed E-state index contributed by atoms with van der Waals surface area (Å²) in [5, 5.41) is 20.5. The Labute approximate surface area is 147 Å². The van der Waals surface area contributed by atoms with Crippen LogP contribution in [0.3, 0.4) is 0 Å². The van der Waals surface area contributed by atoms with Gasteiger partial charge in [-0.2, -0.15) is 0 Å². The maximum absolute atomic E-state index is 13.7. The number of likely N-dealkylation sites (tertiary alicyclic amines) is 1. The number of aliphatic carboxylic acids is 1.